The molecule has 4 rings (SSSR count). The fourth-order valence-electron chi connectivity index (χ4n) is 4.18. The van der Waals surface area contributed by atoms with Crippen molar-refractivity contribution in [2.24, 2.45) is 0 Å². The summed E-state index contributed by atoms with van der Waals surface area (Å²) in [7, 11) is 0. The Morgan fingerprint density at radius 2 is 1.84 bits per heavy atom. The molecule has 1 fully saturated rings. The molecule has 1 aliphatic rings. The van der Waals surface area contributed by atoms with Crippen LogP contribution in [-0.2, 0) is 22.8 Å². The Morgan fingerprint density at radius 3 is 2.48 bits per heavy atom. The van der Waals surface area contributed by atoms with Crippen molar-refractivity contribution in [3.8, 4) is 0 Å². The van der Waals surface area contributed by atoms with E-state index in [4.69, 9.17) is 11.6 Å². The van der Waals surface area contributed by atoms with Gasteiger partial charge >= 0.3 is 6.18 Å². The molecule has 0 aliphatic heterocycles. The molecule has 1 N–H and O–H groups in total. The average Bonchev–Trinajstić information content (AvgIpc) is 3.36. The first-order chi connectivity index (χ1) is 14.7. The summed E-state index contributed by atoms with van der Waals surface area (Å²) in [4.78, 5) is 13.1. The highest BCUT2D eigenvalue weighted by Crippen LogP contribution is 2.41. The van der Waals surface area contributed by atoms with Crippen molar-refractivity contribution >= 4 is 23.2 Å². The van der Waals surface area contributed by atoms with Gasteiger partial charge in [-0.1, -0.05) is 36.6 Å². The van der Waals surface area contributed by atoms with Crippen LogP contribution in [0.5, 0.6) is 0 Å². The third kappa shape index (κ3) is 4.11. The van der Waals surface area contributed by atoms with Crippen LogP contribution in [0.3, 0.4) is 0 Å². The van der Waals surface area contributed by atoms with Gasteiger partial charge in [0.25, 0.3) is 0 Å². The van der Waals surface area contributed by atoms with E-state index < -0.39 is 17.2 Å². The van der Waals surface area contributed by atoms with E-state index in [0.29, 0.717) is 12.8 Å². The van der Waals surface area contributed by atoms with Crippen molar-refractivity contribution in [3.05, 3.63) is 64.3 Å². The highest BCUT2D eigenvalue weighted by atomic mass is 35.5. The van der Waals surface area contributed by atoms with Gasteiger partial charge < -0.3 is 5.32 Å². The number of carbonyl (C=O) groups excluding carboxylic acids is 1. The van der Waals surface area contributed by atoms with E-state index in [2.05, 4.69) is 15.5 Å². The summed E-state index contributed by atoms with van der Waals surface area (Å²) in [6, 6.07) is 6.75. The Morgan fingerprint density at radius 1 is 1.16 bits per heavy atom. The summed E-state index contributed by atoms with van der Waals surface area (Å²) < 4.78 is 53.8. The molecule has 3 aromatic rings. The monoisotopic (exact) mass is 454 g/mol. The fraction of sp³-hybridized carbons (Fsp3) is 0.381. The van der Waals surface area contributed by atoms with Crippen LogP contribution < -0.4 is 5.32 Å². The van der Waals surface area contributed by atoms with E-state index in [0.717, 1.165) is 30.7 Å². The predicted octanol–water partition coefficient (Wildman–Crippen LogP) is 4.71. The summed E-state index contributed by atoms with van der Waals surface area (Å²) >= 11 is 5.93. The number of pyridine rings is 1. The van der Waals surface area contributed by atoms with Gasteiger partial charge in [-0.15, -0.1) is 10.2 Å². The minimum atomic E-state index is -4.56. The first kappa shape index (κ1) is 21.5. The quantitative estimate of drug-likeness (QED) is 0.568. The molecular weight excluding hydrogens is 436 g/mol. The molecule has 2 heterocycles. The van der Waals surface area contributed by atoms with Crippen molar-refractivity contribution in [1.82, 2.24) is 19.9 Å². The van der Waals surface area contributed by atoms with E-state index in [1.807, 2.05) is 0 Å². The van der Waals surface area contributed by atoms with Crippen LogP contribution in [-0.4, -0.2) is 27.0 Å². The summed E-state index contributed by atoms with van der Waals surface area (Å²) in [5.41, 5.74) is -0.753. The molecule has 5 nitrogen and oxygen atoms in total. The molecule has 164 valence electrons. The number of benzene rings is 1. The molecule has 0 atom stereocenters. The molecule has 10 heteroatoms. The van der Waals surface area contributed by atoms with Gasteiger partial charge in [-0.3, -0.25) is 9.20 Å². The SMILES string of the molecule is O=C(NCCc1nnc2c(Cl)cc(C(F)(F)F)cn12)C1(c2ccc(F)cc2)CCCC1. The molecule has 0 radical (unpaired) electrons. The molecular formula is C21H19ClF4N4O. The van der Waals surface area contributed by atoms with E-state index in [-0.39, 0.29) is 41.2 Å². The second-order valence-electron chi connectivity index (χ2n) is 7.69. The largest absolute Gasteiger partial charge is 0.417 e. The molecule has 0 unspecified atom stereocenters. The Kier molecular flexibility index (Phi) is 5.63. The van der Waals surface area contributed by atoms with Crippen LogP contribution in [0.25, 0.3) is 5.65 Å². The predicted molar refractivity (Wildman–Crippen MR) is 106 cm³/mol. The third-order valence-corrected chi connectivity index (χ3v) is 6.06. The summed E-state index contributed by atoms with van der Waals surface area (Å²) in [5.74, 6) is -0.294. The number of carbonyl (C=O) groups is 1. The van der Waals surface area contributed by atoms with Crippen molar-refractivity contribution in [1.29, 1.82) is 0 Å². The minimum Gasteiger partial charge on any atom is -0.355 e. The Hall–Kier alpha value is -2.68. The fourth-order valence-corrected chi connectivity index (χ4v) is 4.42. The summed E-state index contributed by atoms with van der Waals surface area (Å²) in [6.07, 6.45) is -0.403. The Labute approximate surface area is 180 Å². The van der Waals surface area contributed by atoms with Crippen LogP contribution in [0.2, 0.25) is 5.02 Å². The van der Waals surface area contributed by atoms with Gasteiger partial charge in [0.1, 0.15) is 11.6 Å². The topological polar surface area (TPSA) is 59.3 Å². The number of hydrogen-bond donors (Lipinski definition) is 1. The molecule has 1 aromatic carbocycles. The van der Waals surface area contributed by atoms with E-state index in [1.54, 1.807) is 12.1 Å². The average molecular weight is 455 g/mol. The van der Waals surface area contributed by atoms with Crippen molar-refractivity contribution in [2.75, 3.05) is 6.54 Å². The van der Waals surface area contributed by atoms with Gasteiger partial charge in [0.05, 0.1) is 16.0 Å². The lowest BCUT2D eigenvalue weighted by Crippen LogP contribution is -2.43. The highest BCUT2D eigenvalue weighted by Gasteiger charge is 2.42. The number of rotatable bonds is 5. The molecule has 2 aromatic heterocycles. The van der Waals surface area contributed by atoms with E-state index >= 15 is 0 Å². The Bertz CT molecular complexity index is 1110. The van der Waals surface area contributed by atoms with E-state index in [1.165, 1.54) is 16.5 Å². The third-order valence-electron chi connectivity index (χ3n) is 5.78. The normalized spacial score (nSPS) is 16.0. The maximum atomic E-state index is 13.3. The van der Waals surface area contributed by atoms with Gasteiger partial charge in [-0.2, -0.15) is 13.2 Å². The number of alkyl halides is 3. The second kappa shape index (κ2) is 8.11. The zero-order valence-corrected chi connectivity index (χ0v) is 17.1. The molecule has 0 bridgehead atoms. The Balaban J connectivity index is 1.51. The molecule has 31 heavy (non-hydrogen) atoms. The summed E-state index contributed by atoms with van der Waals surface area (Å²) in [6.45, 7) is 0.163. The van der Waals surface area contributed by atoms with Gasteiger partial charge in [0, 0.05) is 19.2 Å². The number of halogens is 5. The van der Waals surface area contributed by atoms with Crippen LogP contribution in [0.4, 0.5) is 17.6 Å². The molecule has 0 spiro atoms. The van der Waals surface area contributed by atoms with Gasteiger partial charge in [-0.05, 0) is 36.6 Å². The zero-order chi connectivity index (χ0) is 22.2. The molecule has 0 saturated heterocycles. The lowest BCUT2D eigenvalue weighted by atomic mass is 9.78. The smallest absolute Gasteiger partial charge is 0.355 e. The number of amides is 1. The number of nitrogens with zero attached hydrogens (tertiary/aromatic N) is 3. The first-order valence-corrected chi connectivity index (χ1v) is 10.2. The minimum absolute atomic E-state index is 0.120. The maximum absolute atomic E-state index is 13.3. The van der Waals surface area contributed by atoms with Crippen molar-refractivity contribution in [3.63, 3.8) is 0 Å². The van der Waals surface area contributed by atoms with Gasteiger partial charge in [0.2, 0.25) is 5.91 Å². The van der Waals surface area contributed by atoms with Gasteiger partial charge in [0.15, 0.2) is 5.65 Å². The molecule has 1 aliphatic carbocycles. The standard InChI is InChI=1S/C21H19ClF4N4O/c22-16-11-14(21(24,25)26)12-30-17(28-29-18(16)30)7-10-27-19(31)20(8-1-2-9-20)13-3-5-15(23)6-4-13/h3-6,11-12H,1-2,7-10H2,(H,27,31). The van der Waals surface area contributed by atoms with Crippen LogP contribution in [0.15, 0.2) is 36.5 Å². The number of nitrogens with one attached hydrogen (secondary N) is 1. The number of fused-ring (bicyclic) bond motifs is 1. The first-order valence-electron chi connectivity index (χ1n) is 9.85. The van der Waals surface area contributed by atoms with Gasteiger partial charge in [-0.25, -0.2) is 4.39 Å². The van der Waals surface area contributed by atoms with Crippen molar-refractivity contribution in [2.45, 2.75) is 43.7 Å². The van der Waals surface area contributed by atoms with Crippen LogP contribution in [0, 0.1) is 5.82 Å². The van der Waals surface area contributed by atoms with Crippen LogP contribution >= 0.6 is 11.6 Å². The lowest BCUT2D eigenvalue weighted by Gasteiger charge is -2.28. The zero-order valence-electron chi connectivity index (χ0n) is 16.3. The maximum Gasteiger partial charge on any atom is 0.417 e. The van der Waals surface area contributed by atoms with Crippen molar-refractivity contribution < 1.29 is 22.4 Å². The highest BCUT2D eigenvalue weighted by molar-refractivity contribution is 6.33. The van der Waals surface area contributed by atoms with E-state index in [9.17, 15) is 22.4 Å². The number of aromatic nitrogens is 3. The second-order valence-corrected chi connectivity index (χ2v) is 8.09. The molecule has 1 saturated carbocycles. The van der Waals surface area contributed by atoms with Crippen LogP contribution in [0.1, 0.15) is 42.6 Å². The molecule has 1 amide bonds. The summed E-state index contributed by atoms with van der Waals surface area (Å²) in [5, 5.41) is 10.5. The lowest BCUT2D eigenvalue weighted by molar-refractivity contribution is -0.137. The number of hydrogen-bond acceptors (Lipinski definition) is 3.